The largest absolute Gasteiger partial charge is 0.463 e. The van der Waals surface area contributed by atoms with E-state index in [0.29, 0.717) is 11.9 Å². The number of hydrogen-bond acceptors (Lipinski definition) is 4. The summed E-state index contributed by atoms with van der Waals surface area (Å²) < 4.78 is 6.03. The first-order valence-electron chi connectivity index (χ1n) is 10.9. The monoisotopic (exact) mass is 387 g/mol. The Morgan fingerprint density at radius 1 is 1.03 bits per heavy atom. The van der Waals surface area contributed by atoms with E-state index in [2.05, 4.69) is 60.1 Å². The zero-order chi connectivity index (χ0) is 19.8. The van der Waals surface area contributed by atoms with Crippen LogP contribution in [0.25, 0.3) is 10.8 Å². The lowest BCUT2D eigenvalue weighted by Crippen LogP contribution is -2.32. The van der Waals surface area contributed by atoms with Crippen LogP contribution in [0.15, 0.2) is 36.4 Å². The van der Waals surface area contributed by atoms with Gasteiger partial charge in [0.2, 0.25) is 0 Å². The summed E-state index contributed by atoms with van der Waals surface area (Å²) in [6, 6.07) is 13.7. The number of rotatable bonds is 4. The Labute approximate surface area is 172 Å². The van der Waals surface area contributed by atoms with E-state index in [9.17, 15) is 0 Å². The van der Waals surface area contributed by atoms with Crippen LogP contribution in [0.4, 0.5) is 5.69 Å². The first kappa shape index (κ1) is 18.4. The molecule has 1 aliphatic heterocycles. The molecular formula is C25H29N3O. The van der Waals surface area contributed by atoms with Gasteiger partial charge in [-0.2, -0.15) is 4.98 Å². The van der Waals surface area contributed by atoms with Crippen LogP contribution in [0.1, 0.15) is 48.2 Å². The summed E-state index contributed by atoms with van der Waals surface area (Å²) >= 11 is 0. The van der Waals surface area contributed by atoms with Crippen molar-refractivity contribution in [3.05, 3.63) is 58.9 Å². The molecular weight excluding hydrogens is 358 g/mol. The molecule has 0 bridgehead atoms. The molecule has 0 N–H and O–H groups in total. The van der Waals surface area contributed by atoms with E-state index in [4.69, 9.17) is 9.72 Å². The Bertz CT molecular complexity index is 1030. The van der Waals surface area contributed by atoms with E-state index in [1.807, 2.05) is 0 Å². The second-order valence-corrected chi connectivity index (χ2v) is 8.60. The van der Waals surface area contributed by atoms with Crippen LogP contribution < -0.4 is 9.64 Å². The highest BCUT2D eigenvalue weighted by atomic mass is 16.5. The molecule has 2 aromatic carbocycles. The summed E-state index contributed by atoms with van der Waals surface area (Å²) in [4.78, 5) is 12.0. The number of nitrogens with zero attached hydrogens (tertiary/aromatic N) is 3. The van der Waals surface area contributed by atoms with Gasteiger partial charge >= 0.3 is 6.01 Å². The highest BCUT2D eigenvalue weighted by Gasteiger charge is 2.23. The SMILES string of the molecule is Cc1nc(OCC2CCCC2)nc2c1CCN(c1cccc3cccc(C)c13)C2. The van der Waals surface area contributed by atoms with Crippen LogP contribution in [-0.2, 0) is 13.0 Å². The Morgan fingerprint density at radius 3 is 2.66 bits per heavy atom. The number of fused-ring (bicyclic) bond motifs is 2. The van der Waals surface area contributed by atoms with Gasteiger partial charge in [0.15, 0.2) is 0 Å². The maximum Gasteiger partial charge on any atom is 0.316 e. The lowest BCUT2D eigenvalue weighted by Gasteiger charge is -2.32. The quantitative estimate of drug-likeness (QED) is 0.602. The molecule has 4 heteroatoms. The van der Waals surface area contributed by atoms with Crippen molar-refractivity contribution in [3.63, 3.8) is 0 Å². The molecule has 150 valence electrons. The third-order valence-electron chi connectivity index (χ3n) is 6.61. The smallest absolute Gasteiger partial charge is 0.316 e. The second-order valence-electron chi connectivity index (χ2n) is 8.60. The Morgan fingerprint density at radius 2 is 1.83 bits per heavy atom. The summed E-state index contributed by atoms with van der Waals surface area (Å²) in [6.07, 6.45) is 6.19. The summed E-state index contributed by atoms with van der Waals surface area (Å²) in [5.74, 6) is 0.671. The molecule has 0 saturated heterocycles. The van der Waals surface area contributed by atoms with E-state index in [0.717, 1.165) is 37.5 Å². The Kier molecular flexibility index (Phi) is 4.86. The summed E-state index contributed by atoms with van der Waals surface area (Å²) in [6.45, 7) is 6.86. The molecule has 5 rings (SSSR count). The van der Waals surface area contributed by atoms with Gasteiger partial charge in [-0.15, -0.1) is 0 Å². The Hall–Kier alpha value is -2.62. The Balaban J connectivity index is 1.43. The molecule has 0 atom stereocenters. The number of hydrogen-bond donors (Lipinski definition) is 0. The minimum atomic E-state index is 0.559. The molecule has 0 spiro atoms. The van der Waals surface area contributed by atoms with Gasteiger partial charge in [-0.3, -0.25) is 0 Å². The van der Waals surface area contributed by atoms with Crippen molar-refractivity contribution in [2.45, 2.75) is 52.5 Å². The van der Waals surface area contributed by atoms with Crippen molar-refractivity contribution >= 4 is 16.5 Å². The van der Waals surface area contributed by atoms with Gasteiger partial charge in [0.1, 0.15) is 0 Å². The molecule has 1 aromatic heterocycles. The van der Waals surface area contributed by atoms with Crippen molar-refractivity contribution in [1.82, 2.24) is 9.97 Å². The molecule has 1 fully saturated rings. The fourth-order valence-corrected chi connectivity index (χ4v) is 5.00. The first-order chi connectivity index (χ1) is 14.2. The molecule has 29 heavy (non-hydrogen) atoms. The average molecular weight is 388 g/mol. The highest BCUT2D eigenvalue weighted by molar-refractivity contribution is 5.96. The predicted octanol–water partition coefficient (Wildman–Crippen LogP) is 5.38. The molecule has 0 radical (unpaired) electrons. The van der Waals surface area contributed by atoms with Crippen molar-refractivity contribution in [2.75, 3.05) is 18.1 Å². The zero-order valence-corrected chi connectivity index (χ0v) is 17.4. The normalized spacial score (nSPS) is 17.0. The predicted molar refractivity (Wildman–Crippen MR) is 118 cm³/mol. The second kappa shape index (κ2) is 7.66. The van der Waals surface area contributed by atoms with Crippen LogP contribution in [-0.4, -0.2) is 23.1 Å². The molecule has 1 saturated carbocycles. The number of anilines is 1. The number of aromatic nitrogens is 2. The minimum absolute atomic E-state index is 0.559. The van der Waals surface area contributed by atoms with Crippen LogP contribution in [0.3, 0.4) is 0 Å². The summed E-state index contributed by atoms with van der Waals surface area (Å²) in [5.41, 5.74) is 6.12. The molecule has 2 heterocycles. The number of benzene rings is 2. The highest BCUT2D eigenvalue weighted by Crippen LogP contribution is 2.33. The van der Waals surface area contributed by atoms with Crippen molar-refractivity contribution in [3.8, 4) is 6.01 Å². The first-order valence-corrected chi connectivity index (χ1v) is 10.9. The van der Waals surface area contributed by atoms with Gasteiger partial charge in [-0.25, -0.2) is 4.98 Å². The van der Waals surface area contributed by atoms with Crippen molar-refractivity contribution in [2.24, 2.45) is 5.92 Å². The minimum Gasteiger partial charge on any atom is -0.463 e. The standard InChI is InChI=1S/C25H29N3O/c1-17-7-5-10-20-11-6-12-23(24(17)20)28-14-13-21-18(2)26-25(27-22(21)15-28)29-16-19-8-3-4-9-19/h5-7,10-12,19H,3-4,8-9,13-16H2,1-2H3. The van der Waals surface area contributed by atoms with E-state index >= 15 is 0 Å². The van der Waals surface area contributed by atoms with E-state index in [-0.39, 0.29) is 0 Å². The van der Waals surface area contributed by atoms with Crippen molar-refractivity contribution < 1.29 is 4.74 Å². The zero-order valence-electron chi connectivity index (χ0n) is 17.4. The van der Waals surface area contributed by atoms with Crippen LogP contribution in [0.5, 0.6) is 6.01 Å². The summed E-state index contributed by atoms with van der Waals surface area (Å²) in [5, 5.41) is 2.65. The third-order valence-corrected chi connectivity index (χ3v) is 6.61. The number of aryl methyl sites for hydroxylation is 2. The van der Waals surface area contributed by atoms with E-state index < -0.39 is 0 Å². The van der Waals surface area contributed by atoms with Crippen molar-refractivity contribution in [1.29, 1.82) is 0 Å². The lowest BCUT2D eigenvalue weighted by molar-refractivity contribution is 0.232. The van der Waals surface area contributed by atoms with Crippen LogP contribution in [0.2, 0.25) is 0 Å². The molecule has 0 amide bonds. The lowest BCUT2D eigenvalue weighted by atomic mass is 9.99. The molecule has 2 aliphatic rings. The van der Waals surface area contributed by atoms with E-state index in [1.54, 1.807) is 0 Å². The maximum atomic E-state index is 6.03. The van der Waals surface area contributed by atoms with Crippen LogP contribution in [0, 0.1) is 19.8 Å². The molecule has 3 aromatic rings. The topological polar surface area (TPSA) is 38.3 Å². The van der Waals surface area contributed by atoms with E-state index in [1.165, 1.54) is 53.3 Å². The molecule has 1 aliphatic carbocycles. The molecule has 0 unspecified atom stereocenters. The fourth-order valence-electron chi connectivity index (χ4n) is 5.00. The third kappa shape index (κ3) is 3.57. The van der Waals surface area contributed by atoms with Crippen LogP contribution >= 0.6 is 0 Å². The van der Waals surface area contributed by atoms with Gasteiger partial charge in [0.05, 0.1) is 18.8 Å². The van der Waals surface area contributed by atoms with Gasteiger partial charge in [0, 0.05) is 23.3 Å². The van der Waals surface area contributed by atoms with Gasteiger partial charge in [-0.05, 0) is 61.6 Å². The fraction of sp³-hybridized carbons (Fsp3) is 0.440. The van der Waals surface area contributed by atoms with Gasteiger partial charge < -0.3 is 9.64 Å². The average Bonchev–Trinajstić information content (AvgIpc) is 3.25. The molecule has 4 nitrogen and oxygen atoms in total. The number of ether oxygens (including phenoxy) is 1. The van der Waals surface area contributed by atoms with Gasteiger partial charge in [-0.1, -0.05) is 43.2 Å². The van der Waals surface area contributed by atoms with Gasteiger partial charge in [0.25, 0.3) is 0 Å². The summed E-state index contributed by atoms with van der Waals surface area (Å²) in [7, 11) is 0. The maximum absolute atomic E-state index is 6.03.